The molecule has 2 aliphatic carbocycles. The third-order valence-electron chi connectivity index (χ3n) is 3.43. The normalized spacial score (nSPS) is 22.1. The van der Waals surface area contributed by atoms with Gasteiger partial charge in [-0.25, -0.2) is 0 Å². The van der Waals surface area contributed by atoms with Crippen LogP contribution in [0.15, 0.2) is 0 Å². The number of thiocarbonyl (C=S) groups is 1. The number of nitrogens with one attached hydrogen (secondary N) is 1. The van der Waals surface area contributed by atoms with E-state index in [1.807, 2.05) is 0 Å². The number of hydrogen-bond acceptors (Lipinski definition) is 2. The first kappa shape index (κ1) is 10.9. The molecule has 0 bridgehead atoms. The van der Waals surface area contributed by atoms with Gasteiger partial charge >= 0.3 is 0 Å². The van der Waals surface area contributed by atoms with Gasteiger partial charge in [0.2, 0.25) is 5.91 Å². The Kier molecular flexibility index (Phi) is 2.96. The monoisotopic (exact) mass is 226 g/mol. The fourth-order valence-corrected chi connectivity index (χ4v) is 2.18. The molecule has 4 heteroatoms. The van der Waals surface area contributed by atoms with Gasteiger partial charge in [-0.2, -0.15) is 0 Å². The summed E-state index contributed by atoms with van der Waals surface area (Å²) in [7, 11) is 0. The van der Waals surface area contributed by atoms with E-state index >= 15 is 0 Å². The second-order valence-electron chi connectivity index (χ2n) is 4.79. The van der Waals surface area contributed by atoms with Crippen molar-refractivity contribution in [1.82, 2.24) is 5.32 Å². The zero-order valence-electron chi connectivity index (χ0n) is 8.92. The molecular formula is C11H18N2OS. The van der Waals surface area contributed by atoms with Crippen LogP contribution in [-0.2, 0) is 4.79 Å². The van der Waals surface area contributed by atoms with Crippen molar-refractivity contribution in [2.45, 2.75) is 38.5 Å². The first-order valence-corrected chi connectivity index (χ1v) is 6.14. The standard InChI is InChI=1S/C11H18N2OS/c12-9(15)11(5-6-11)10(14)13-7-1-2-8-3-4-8/h8H,1-7H2,(H2,12,15)(H,13,14). The zero-order valence-corrected chi connectivity index (χ0v) is 9.74. The van der Waals surface area contributed by atoms with Gasteiger partial charge in [0.25, 0.3) is 0 Å². The summed E-state index contributed by atoms with van der Waals surface area (Å²) in [5, 5.41) is 2.94. The van der Waals surface area contributed by atoms with E-state index < -0.39 is 5.41 Å². The van der Waals surface area contributed by atoms with E-state index in [1.165, 1.54) is 19.3 Å². The Hall–Kier alpha value is -0.640. The molecule has 0 aromatic heterocycles. The molecule has 0 aromatic rings. The van der Waals surface area contributed by atoms with Gasteiger partial charge in [-0.1, -0.05) is 25.1 Å². The van der Waals surface area contributed by atoms with Crippen LogP contribution in [0.5, 0.6) is 0 Å². The second-order valence-corrected chi connectivity index (χ2v) is 5.23. The van der Waals surface area contributed by atoms with Gasteiger partial charge in [-0.15, -0.1) is 0 Å². The van der Waals surface area contributed by atoms with E-state index in [0.29, 0.717) is 4.99 Å². The highest BCUT2D eigenvalue weighted by Gasteiger charge is 2.52. The van der Waals surface area contributed by atoms with Gasteiger partial charge in [0.05, 0.1) is 10.4 Å². The molecule has 0 aliphatic heterocycles. The lowest BCUT2D eigenvalue weighted by atomic mass is 10.1. The summed E-state index contributed by atoms with van der Waals surface area (Å²) < 4.78 is 0. The highest BCUT2D eigenvalue weighted by atomic mass is 32.1. The Morgan fingerprint density at radius 3 is 2.60 bits per heavy atom. The van der Waals surface area contributed by atoms with E-state index in [9.17, 15) is 4.79 Å². The number of carbonyl (C=O) groups is 1. The first-order valence-electron chi connectivity index (χ1n) is 5.73. The van der Waals surface area contributed by atoms with Crippen LogP contribution >= 0.6 is 12.2 Å². The summed E-state index contributed by atoms with van der Waals surface area (Å²) in [5.74, 6) is 0.984. The number of hydrogen-bond donors (Lipinski definition) is 2. The molecule has 0 unspecified atom stereocenters. The van der Waals surface area contributed by atoms with Crippen molar-refractivity contribution in [2.75, 3.05) is 6.54 Å². The second kappa shape index (κ2) is 4.08. The number of carbonyl (C=O) groups excluding carboxylic acids is 1. The Balaban J connectivity index is 1.65. The average molecular weight is 226 g/mol. The van der Waals surface area contributed by atoms with Crippen molar-refractivity contribution in [2.24, 2.45) is 17.1 Å². The van der Waals surface area contributed by atoms with Crippen molar-refractivity contribution in [3.63, 3.8) is 0 Å². The molecule has 2 rings (SSSR count). The summed E-state index contributed by atoms with van der Waals surface area (Å²) in [4.78, 5) is 12.1. The Morgan fingerprint density at radius 1 is 1.47 bits per heavy atom. The smallest absolute Gasteiger partial charge is 0.233 e. The third kappa shape index (κ3) is 2.48. The molecule has 0 spiro atoms. The molecule has 1 amide bonds. The summed E-state index contributed by atoms with van der Waals surface area (Å²) in [5.41, 5.74) is 5.09. The minimum absolute atomic E-state index is 0.0470. The van der Waals surface area contributed by atoms with Crippen LogP contribution in [0.4, 0.5) is 0 Å². The lowest BCUT2D eigenvalue weighted by Crippen LogP contribution is -2.39. The van der Waals surface area contributed by atoms with Crippen molar-refractivity contribution in [3.05, 3.63) is 0 Å². The molecule has 0 saturated heterocycles. The van der Waals surface area contributed by atoms with Crippen molar-refractivity contribution < 1.29 is 4.79 Å². The summed E-state index contributed by atoms with van der Waals surface area (Å²) in [6, 6.07) is 0. The first-order chi connectivity index (χ1) is 7.15. The van der Waals surface area contributed by atoms with Crippen LogP contribution in [0.25, 0.3) is 0 Å². The molecule has 0 atom stereocenters. The predicted molar refractivity (Wildman–Crippen MR) is 63.4 cm³/mol. The minimum Gasteiger partial charge on any atom is -0.392 e. The van der Waals surface area contributed by atoms with Crippen molar-refractivity contribution in [1.29, 1.82) is 0 Å². The van der Waals surface area contributed by atoms with E-state index in [2.05, 4.69) is 5.32 Å². The summed E-state index contributed by atoms with van der Waals surface area (Å²) in [6.07, 6.45) is 6.76. The molecule has 84 valence electrons. The maximum atomic E-state index is 11.8. The number of rotatable bonds is 6. The van der Waals surface area contributed by atoms with Crippen LogP contribution in [-0.4, -0.2) is 17.4 Å². The van der Waals surface area contributed by atoms with Crippen LogP contribution in [0.3, 0.4) is 0 Å². The van der Waals surface area contributed by atoms with Gasteiger partial charge in [0.1, 0.15) is 0 Å². The van der Waals surface area contributed by atoms with E-state index in [0.717, 1.165) is 31.7 Å². The molecule has 0 heterocycles. The maximum Gasteiger partial charge on any atom is 0.233 e. The quantitative estimate of drug-likeness (QED) is 0.531. The highest BCUT2D eigenvalue weighted by molar-refractivity contribution is 7.80. The maximum absolute atomic E-state index is 11.8. The predicted octanol–water partition coefficient (Wildman–Crippen LogP) is 1.36. The fraction of sp³-hybridized carbons (Fsp3) is 0.818. The van der Waals surface area contributed by atoms with Gasteiger partial charge in [0, 0.05) is 6.54 Å². The molecule has 0 radical (unpaired) electrons. The van der Waals surface area contributed by atoms with Gasteiger partial charge < -0.3 is 11.1 Å². The zero-order chi connectivity index (χ0) is 10.9. The molecule has 3 N–H and O–H groups in total. The van der Waals surface area contributed by atoms with E-state index in [1.54, 1.807) is 0 Å². The summed E-state index contributed by atoms with van der Waals surface area (Å²) in [6.45, 7) is 0.777. The van der Waals surface area contributed by atoms with Crippen LogP contribution in [0, 0.1) is 11.3 Å². The van der Waals surface area contributed by atoms with Gasteiger partial charge in [-0.3, -0.25) is 4.79 Å². The van der Waals surface area contributed by atoms with E-state index in [4.69, 9.17) is 18.0 Å². The average Bonchev–Trinajstić information content (AvgIpc) is 3.01. The van der Waals surface area contributed by atoms with Crippen molar-refractivity contribution >= 4 is 23.1 Å². The molecule has 2 saturated carbocycles. The molecule has 2 aliphatic rings. The fourth-order valence-electron chi connectivity index (χ4n) is 1.88. The Bertz CT molecular complexity index is 282. The summed E-state index contributed by atoms with van der Waals surface area (Å²) >= 11 is 4.92. The molecule has 15 heavy (non-hydrogen) atoms. The number of amides is 1. The lowest BCUT2D eigenvalue weighted by Gasteiger charge is -2.13. The highest BCUT2D eigenvalue weighted by Crippen LogP contribution is 2.46. The van der Waals surface area contributed by atoms with Crippen LogP contribution in [0.2, 0.25) is 0 Å². The van der Waals surface area contributed by atoms with E-state index in [-0.39, 0.29) is 5.91 Å². The SMILES string of the molecule is NC(=S)C1(C(=O)NCCCC2CC2)CC1. The topological polar surface area (TPSA) is 55.1 Å². The van der Waals surface area contributed by atoms with Crippen LogP contribution in [0.1, 0.15) is 38.5 Å². The lowest BCUT2D eigenvalue weighted by molar-refractivity contribution is -0.124. The molecule has 3 nitrogen and oxygen atoms in total. The van der Waals surface area contributed by atoms with Gasteiger partial charge in [-0.05, 0) is 31.6 Å². The number of nitrogens with two attached hydrogens (primary N) is 1. The molecule has 2 fully saturated rings. The minimum atomic E-state index is -0.477. The van der Waals surface area contributed by atoms with Crippen LogP contribution < -0.4 is 11.1 Å². The molecular weight excluding hydrogens is 208 g/mol. The molecule has 0 aromatic carbocycles. The van der Waals surface area contributed by atoms with Gasteiger partial charge in [0.15, 0.2) is 0 Å². The largest absolute Gasteiger partial charge is 0.392 e. The third-order valence-corrected chi connectivity index (χ3v) is 3.82. The van der Waals surface area contributed by atoms with Crippen molar-refractivity contribution in [3.8, 4) is 0 Å². The Labute approximate surface area is 95.8 Å². The Morgan fingerprint density at radius 2 is 2.13 bits per heavy atom.